The van der Waals surface area contributed by atoms with Gasteiger partial charge in [-0.3, -0.25) is 14.8 Å². The standard InChI is InChI=1S/C14H19ClN2O3/c15-11-7-9-12(10-8-11)16-13(18)5-3-1-2-4-6-14(19)17-20/h7-10,20H,1-6H2,(H,16,18)(H,17,19). The average molecular weight is 299 g/mol. The van der Waals surface area contributed by atoms with Gasteiger partial charge in [-0.05, 0) is 37.1 Å². The van der Waals surface area contributed by atoms with Gasteiger partial charge in [0.2, 0.25) is 11.8 Å². The summed E-state index contributed by atoms with van der Waals surface area (Å²) in [5.41, 5.74) is 2.33. The first-order valence-electron chi connectivity index (χ1n) is 6.60. The van der Waals surface area contributed by atoms with Crippen molar-refractivity contribution < 1.29 is 14.8 Å². The van der Waals surface area contributed by atoms with Crippen LogP contribution in [0.1, 0.15) is 38.5 Å². The molecule has 0 aliphatic heterocycles. The lowest BCUT2D eigenvalue weighted by Crippen LogP contribution is -2.17. The summed E-state index contributed by atoms with van der Waals surface area (Å²) in [6.07, 6.45) is 4.00. The van der Waals surface area contributed by atoms with Crippen LogP contribution in [-0.2, 0) is 9.59 Å². The van der Waals surface area contributed by atoms with E-state index in [9.17, 15) is 9.59 Å². The van der Waals surface area contributed by atoms with Crippen LogP contribution in [0.15, 0.2) is 24.3 Å². The molecule has 6 heteroatoms. The van der Waals surface area contributed by atoms with Gasteiger partial charge in [0.15, 0.2) is 0 Å². The van der Waals surface area contributed by atoms with Gasteiger partial charge in [0.25, 0.3) is 0 Å². The number of nitrogens with one attached hydrogen (secondary N) is 2. The Morgan fingerprint density at radius 3 is 2.05 bits per heavy atom. The topological polar surface area (TPSA) is 78.4 Å². The molecule has 0 fully saturated rings. The van der Waals surface area contributed by atoms with Crippen molar-refractivity contribution in [1.29, 1.82) is 0 Å². The number of hydroxylamine groups is 1. The van der Waals surface area contributed by atoms with Crippen molar-refractivity contribution in [3.8, 4) is 0 Å². The van der Waals surface area contributed by atoms with Crippen LogP contribution in [0.5, 0.6) is 0 Å². The molecule has 20 heavy (non-hydrogen) atoms. The third-order valence-corrected chi connectivity index (χ3v) is 3.06. The fourth-order valence-electron chi connectivity index (χ4n) is 1.74. The number of anilines is 1. The van der Waals surface area contributed by atoms with Gasteiger partial charge >= 0.3 is 0 Å². The molecule has 1 rings (SSSR count). The number of carbonyl (C=O) groups excluding carboxylic acids is 2. The van der Waals surface area contributed by atoms with E-state index in [2.05, 4.69) is 5.32 Å². The van der Waals surface area contributed by atoms with Crippen molar-refractivity contribution in [3.63, 3.8) is 0 Å². The van der Waals surface area contributed by atoms with Crippen LogP contribution in [0.3, 0.4) is 0 Å². The fourth-order valence-corrected chi connectivity index (χ4v) is 1.86. The van der Waals surface area contributed by atoms with Gasteiger partial charge in [0.1, 0.15) is 0 Å². The van der Waals surface area contributed by atoms with Crippen LogP contribution in [0, 0.1) is 0 Å². The molecule has 0 atom stereocenters. The zero-order chi connectivity index (χ0) is 14.8. The van der Waals surface area contributed by atoms with Gasteiger partial charge < -0.3 is 5.32 Å². The van der Waals surface area contributed by atoms with Gasteiger partial charge in [0.05, 0.1) is 0 Å². The highest BCUT2D eigenvalue weighted by Gasteiger charge is 2.03. The normalized spacial score (nSPS) is 10.1. The van der Waals surface area contributed by atoms with Gasteiger partial charge in [-0.25, -0.2) is 5.48 Å². The molecule has 0 saturated carbocycles. The van der Waals surface area contributed by atoms with Crippen LogP contribution in [-0.4, -0.2) is 17.0 Å². The number of benzene rings is 1. The van der Waals surface area contributed by atoms with Gasteiger partial charge in [-0.1, -0.05) is 24.4 Å². The third-order valence-electron chi connectivity index (χ3n) is 2.81. The van der Waals surface area contributed by atoms with E-state index < -0.39 is 0 Å². The minimum absolute atomic E-state index is 0.0274. The maximum Gasteiger partial charge on any atom is 0.243 e. The molecule has 0 bridgehead atoms. The lowest BCUT2D eigenvalue weighted by atomic mass is 10.1. The predicted octanol–water partition coefficient (Wildman–Crippen LogP) is 3.12. The van der Waals surface area contributed by atoms with Crippen LogP contribution >= 0.6 is 11.6 Å². The SMILES string of the molecule is O=C(CCCCCCC(=O)Nc1ccc(Cl)cc1)NO. The molecule has 1 aromatic rings. The molecular weight excluding hydrogens is 280 g/mol. The van der Waals surface area contributed by atoms with Crippen molar-refractivity contribution in [1.82, 2.24) is 5.48 Å². The van der Waals surface area contributed by atoms with E-state index in [4.69, 9.17) is 16.8 Å². The molecule has 1 aromatic carbocycles. The summed E-state index contributed by atoms with van der Waals surface area (Å²) in [4.78, 5) is 22.4. The number of halogens is 1. The quantitative estimate of drug-likeness (QED) is 0.392. The number of amides is 2. The molecule has 110 valence electrons. The largest absolute Gasteiger partial charge is 0.326 e. The Kier molecular flexibility index (Phi) is 7.69. The molecule has 0 heterocycles. The van der Waals surface area contributed by atoms with Gasteiger partial charge in [0, 0.05) is 23.6 Å². The van der Waals surface area contributed by atoms with E-state index in [1.807, 2.05) is 0 Å². The summed E-state index contributed by atoms with van der Waals surface area (Å²) < 4.78 is 0. The number of carbonyl (C=O) groups is 2. The van der Waals surface area contributed by atoms with Crippen LogP contribution in [0.4, 0.5) is 5.69 Å². The minimum atomic E-state index is -0.370. The first-order valence-corrected chi connectivity index (χ1v) is 6.98. The van der Waals surface area contributed by atoms with Crippen molar-refractivity contribution in [2.75, 3.05) is 5.32 Å². The van der Waals surface area contributed by atoms with Crippen molar-refractivity contribution in [2.45, 2.75) is 38.5 Å². The second-order valence-corrected chi connectivity index (χ2v) is 4.94. The number of unbranched alkanes of at least 4 members (excludes halogenated alkanes) is 3. The molecule has 0 unspecified atom stereocenters. The Morgan fingerprint density at radius 1 is 0.950 bits per heavy atom. The molecule has 5 nitrogen and oxygen atoms in total. The molecular formula is C14H19ClN2O3. The van der Waals surface area contributed by atoms with Crippen LogP contribution < -0.4 is 10.8 Å². The summed E-state index contributed by atoms with van der Waals surface area (Å²) in [5, 5.41) is 11.7. The lowest BCUT2D eigenvalue weighted by Gasteiger charge is -2.05. The third kappa shape index (κ3) is 7.11. The first kappa shape index (κ1) is 16.5. The zero-order valence-corrected chi connectivity index (χ0v) is 11.9. The maximum atomic E-state index is 11.6. The minimum Gasteiger partial charge on any atom is -0.326 e. The van der Waals surface area contributed by atoms with E-state index >= 15 is 0 Å². The molecule has 0 saturated heterocycles. The van der Waals surface area contributed by atoms with Crippen molar-refractivity contribution in [3.05, 3.63) is 29.3 Å². The van der Waals surface area contributed by atoms with E-state index in [0.29, 0.717) is 24.3 Å². The van der Waals surface area contributed by atoms with Crippen molar-refractivity contribution >= 4 is 29.1 Å². The van der Waals surface area contributed by atoms with E-state index in [1.54, 1.807) is 29.7 Å². The summed E-state index contributed by atoms with van der Waals surface area (Å²) in [6.45, 7) is 0. The van der Waals surface area contributed by atoms with E-state index in [-0.39, 0.29) is 11.8 Å². The Hall–Kier alpha value is -1.59. The summed E-state index contributed by atoms with van der Waals surface area (Å²) in [6, 6.07) is 6.97. The number of hydrogen-bond acceptors (Lipinski definition) is 3. The van der Waals surface area contributed by atoms with Crippen LogP contribution in [0.25, 0.3) is 0 Å². The smallest absolute Gasteiger partial charge is 0.243 e. The Labute approximate surface area is 123 Å². The molecule has 0 spiro atoms. The molecule has 2 amide bonds. The molecule has 3 N–H and O–H groups in total. The predicted molar refractivity (Wildman–Crippen MR) is 77.7 cm³/mol. The van der Waals surface area contributed by atoms with E-state index in [0.717, 1.165) is 24.9 Å². The van der Waals surface area contributed by atoms with Crippen LogP contribution in [0.2, 0.25) is 5.02 Å². The highest BCUT2D eigenvalue weighted by Crippen LogP contribution is 2.14. The summed E-state index contributed by atoms with van der Waals surface area (Å²) >= 11 is 5.76. The Bertz CT molecular complexity index is 435. The summed E-state index contributed by atoms with van der Waals surface area (Å²) in [7, 11) is 0. The van der Waals surface area contributed by atoms with E-state index in [1.165, 1.54) is 0 Å². The number of rotatable bonds is 8. The van der Waals surface area contributed by atoms with Gasteiger partial charge in [-0.15, -0.1) is 0 Å². The highest BCUT2D eigenvalue weighted by molar-refractivity contribution is 6.30. The molecule has 0 radical (unpaired) electrons. The Morgan fingerprint density at radius 2 is 1.50 bits per heavy atom. The van der Waals surface area contributed by atoms with Crippen molar-refractivity contribution in [2.24, 2.45) is 0 Å². The van der Waals surface area contributed by atoms with Gasteiger partial charge in [-0.2, -0.15) is 0 Å². The maximum absolute atomic E-state index is 11.6. The second kappa shape index (κ2) is 9.34. The second-order valence-electron chi connectivity index (χ2n) is 4.50. The monoisotopic (exact) mass is 298 g/mol. The molecule has 0 aromatic heterocycles. The molecule has 0 aliphatic carbocycles. The summed E-state index contributed by atoms with van der Waals surface area (Å²) in [5.74, 6) is -0.397. The molecule has 0 aliphatic rings. The first-order chi connectivity index (χ1) is 9.61. The lowest BCUT2D eigenvalue weighted by molar-refractivity contribution is -0.129. The zero-order valence-electron chi connectivity index (χ0n) is 11.2. The Balaban J connectivity index is 2.08. The number of hydrogen-bond donors (Lipinski definition) is 3. The highest BCUT2D eigenvalue weighted by atomic mass is 35.5. The fraction of sp³-hybridized carbons (Fsp3) is 0.429. The average Bonchev–Trinajstić information content (AvgIpc) is 2.44.